The summed E-state index contributed by atoms with van der Waals surface area (Å²) in [5, 5.41) is 35.4. The Labute approximate surface area is 112 Å². The number of H-pyrrole nitrogens is 1. The second-order valence-corrected chi connectivity index (χ2v) is 4.75. The number of imidazole rings is 1. The highest BCUT2D eigenvalue weighted by molar-refractivity contribution is 7.71. The van der Waals surface area contributed by atoms with Gasteiger partial charge in [-0.15, -0.1) is 0 Å². The van der Waals surface area contributed by atoms with E-state index >= 15 is 0 Å². The number of rotatable bonds is 2. The molecule has 1 aliphatic rings. The van der Waals surface area contributed by atoms with E-state index in [0.717, 1.165) is 0 Å². The Balaban J connectivity index is 2.06. The highest BCUT2D eigenvalue weighted by Gasteiger charge is 2.43. The van der Waals surface area contributed by atoms with Crippen molar-refractivity contribution in [2.24, 2.45) is 0 Å². The molecule has 2 aromatic heterocycles. The van der Waals surface area contributed by atoms with Gasteiger partial charge in [-0.3, -0.25) is 9.67 Å². The summed E-state index contributed by atoms with van der Waals surface area (Å²) in [6, 6.07) is 0. The third kappa shape index (κ3) is 1.86. The maximum absolute atomic E-state index is 9.96. The van der Waals surface area contributed by atoms with Gasteiger partial charge in [-0.25, -0.2) is 4.98 Å². The lowest BCUT2D eigenvalue weighted by molar-refractivity contribution is -0.0511. The largest absolute Gasteiger partial charge is 0.394 e. The number of nitrogens with zero attached hydrogens (tertiary/aromatic N) is 3. The average Bonchev–Trinajstić information content (AvgIpc) is 2.94. The molecular weight excluding hydrogens is 272 g/mol. The fourth-order valence-electron chi connectivity index (χ4n) is 2.17. The Hall–Kier alpha value is -1.39. The Morgan fingerprint density at radius 3 is 2.89 bits per heavy atom. The van der Waals surface area contributed by atoms with Crippen LogP contribution in [0.15, 0.2) is 12.5 Å². The number of nitrogens with one attached hydrogen (secondary N) is 1. The van der Waals surface area contributed by atoms with Crippen LogP contribution in [0.3, 0.4) is 0 Å². The number of aliphatic hydroxyl groups excluding tert-OH is 3. The van der Waals surface area contributed by atoms with Gasteiger partial charge in [0.15, 0.2) is 11.9 Å². The molecule has 8 nitrogen and oxygen atoms in total. The van der Waals surface area contributed by atoms with Gasteiger partial charge in [0, 0.05) is 0 Å². The monoisotopic (exact) mass is 284 g/mol. The minimum atomic E-state index is -1.17. The van der Waals surface area contributed by atoms with Gasteiger partial charge in [-0.1, -0.05) is 12.2 Å². The number of fused-ring (bicyclic) bond motifs is 1. The first-order valence-corrected chi connectivity index (χ1v) is 6.07. The van der Waals surface area contributed by atoms with E-state index in [4.69, 9.17) is 22.1 Å². The van der Waals surface area contributed by atoms with Crippen molar-refractivity contribution < 1.29 is 20.1 Å². The fraction of sp³-hybridized carbons (Fsp3) is 0.500. The summed E-state index contributed by atoms with van der Waals surface area (Å²) >= 11 is 5.09. The average molecular weight is 284 g/mol. The molecule has 0 unspecified atom stereocenters. The first-order valence-electron chi connectivity index (χ1n) is 5.66. The van der Waals surface area contributed by atoms with E-state index in [1.807, 2.05) is 0 Å². The van der Waals surface area contributed by atoms with Crippen molar-refractivity contribution in [2.75, 3.05) is 6.61 Å². The summed E-state index contributed by atoms with van der Waals surface area (Å²) in [7, 11) is 0. The van der Waals surface area contributed by atoms with Crippen LogP contribution in [0.4, 0.5) is 0 Å². The van der Waals surface area contributed by atoms with Gasteiger partial charge >= 0.3 is 0 Å². The standard InChI is InChI=1S/C10H12N4O4S/c15-2-4-7(16)8(17)10(18-4)14-3-11-6-5(19)1-12-13-9(6)14/h1,3-4,7-8,10,15-17H,2H2,(H,13,19)/t4-,7-,8-,10-/m1/s1. The Bertz CT molecular complexity index is 656. The van der Waals surface area contributed by atoms with Crippen LogP contribution < -0.4 is 0 Å². The zero-order valence-corrected chi connectivity index (χ0v) is 10.5. The van der Waals surface area contributed by atoms with Gasteiger partial charge in [-0.2, -0.15) is 5.10 Å². The SMILES string of the molecule is OC[C@H]1O[C@@H](n2cnc3c(=S)cn[nH]c32)[C@H](O)[C@@H]1O. The van der Waals surface area contributed by atoms with E-state index in [2.05, 4.69) is 15.2 Å². The van der Waals surface area contributed by atoms with Gasteiger partial charge in [0.2, 0.25) is 0 Å². The van der Waals surface area contributed by atoms with Gasteiger partial charge < -0.3 is 20.1 Å². The maximum Gasteiger partial charge on any atom is 0.165 e. The third-order valence-corrected chi connectivity index (χ3v) is 3.47. The molecule has 102 valence electrons. The van der Waals surface area contributed by atoms with Crippen molar-refractivity contribution in [3.8, 4) is 0 Å². The van der Waals surface area contributed by atoms with Crippen molar-refractivity contribution in [3.63, 3.8) is 0 Å². The number of aromatic amines is 1. The lowest BCUT2D eigenvalue weighted by atomic mass is 10.1. The van der Waals surface area contributed by atoms with Crippen molar-refractivity contribution in [2.45, 2.75) is 24.5 Å². The summed E-state index contributed by atoms with van der Waals surface area (Å²) in [6.45, 7) is -0.379. The first kappa shape index (κ1) is 12.6. The van der Waals surface area contributed by atoms with E-state index in [1.165, 1.54) is 17.1 Å². The van der Waals surface area contributed by atoms with Crippen molar-refractivity contribution >= 4 is 23.4 Å². The maximum atomic E-state index is 9.96. The smallest absolute Gasteiger partial charge is 0.165 e. The number of ether oxygens (including phenoxy) is 1. The Morgan fingerprint density at radius 1 is 1.42 bits per heavy atom. The summed E-state index contributed by atoms with van der Waals surface area (Å²) in [4.78, 5) is 4.13. The molecule has 0 spiro atoms. The van der Waals surface area contributed by atoms with Crippen LogP contribution in [0, 0.1) is 4.51 Å². The molecule has 3 rings (SSSR count). The molecule has 0 amide bonds. The summed E-state index contributed by atoms with van der Waals surface area (Å²) in [5.74, 6) is 0. The molecule has 0 aromatic carbocycles. The zero-order valence-electron chi connectivity index (χ0n) is 9.67. The normalized spacial score (nSPS) is 31.1. The molecule has 3 heterocycles. The molecule has 19 heavy (non-hydrogen) atoms. The van der Waals surface area contributed by atoms with Crippen molar-refractivity contribution in [1.29, 1.82) is 0 Å². The summed E-state index contributed by atoms with van der Waals surface area (Å²) < 4.78 is 7.39. The molecule has 0 saturated carbocycles. The van der Waals surface area contributed by atoms with Crippen LogP contribution >= 0.6 is 12.2 Å². The molecule has 1 fully saturated rings. The fourth-order valence-corrected chi connectivity index (χ4v) is 2.37. The molecule has 0 aliphatic carbocycles. The van der Waals surface area contributed by atoms with Gasteiger partial charge in [0.1, 0.15) is 23.8 Å². The summed E-state index contributed by atoms with van der Waals surface area (Å²) in [6.07, 6.45) is -1.11. The van der Waals surface area contributed by atoms with E-state index in [9.17, 15) is 10.2 Å². The molecule has 4 N–H and O–H groups in total. The van der Waals surface area contributed by atoms with Gasteiger partial charge in [0.25, 0.3) is 0 Å². The van der Waals surface area contributed by atoms with Crippen LogP contribution in [0.1, 0.15) is 6.23 Å². The van der Waals surface area contributed by atoms with E-state index in [-0.39, 0.29) is 6.61 Å². The lowest BCUT2D eigenvalue weighted by Crippen LogP contribution is -2.33. The molecule has 9 heteroatoms. The van der Waals surface area contributed by atoms with Crippen molar-refractivity contribution in [3.05, 3.63) is 17.0 Å². The number of hydrogen-bond donors (Lipinski definition) is 4. The van der Waals surface area contributed by atoms with E-state index in [1.54, 1.807) is 0 Å². The number of hydrogen-bond acceptors (Lipinski definition) is 7. The van der Waals surface area contributed by atoms with E-state index in [0.29, 0.717) is 15.7 Å². The zero-order chi connectivity index (χ0) is 13.6. The summed E-state index contributed by atoms with van der Waals surface area (Å²) in [5.41, 5.74) is 1.02. The molecule has 0 radical (unpaired) electrons. The molecule has 1 saturated heterocycles. The molecule has 4 atom stereocenters. The highest BCUT2D eigenvalue weighted by Crippen LogP contribution is 2.31. The minimum absolute atomic E-state index is 0.379. The van der Waals surface area contributed by atoms with Gasteiger partial charge in [0.05, 0.1) is 23.6 Å². The van der Waals surface area contributed by atoms with Crippen LogP contribution in [0.5, 0.6) is 0 Å². The van der Waals surface area contributed by atoms with Crippen LogP contribution in [0.25, 0.3) is 11.2 Å². The van der Waals surface area contributed by atoms with Crippen LogP contribution in [0.2, 0.25) is 0 Å². The first-order chi connectivity index (χ1) is 9.13. The lowest BCUT2D eigenvalue weighted by Gasteiger charge is -2.16. The predicted octanol–water partition coefficient (Wildman–Crippen LogP) is -0.900. The molecular formula is C10H12N4O4S. The second kappa shape index (κ2) is 4.62. The van der Waals surface area contributed by atoms with Crippen LogP contribution in [-0.2, 0) is 4.74 Å². The van der Waals surface area contributed by atoms with E-state index < -0.39 is 24.5 Å². The highest BCUT2D eigenvalue weighted by atomic mass is 32.1. The van der Waals surface area contributed by atoms with Crippen LogP contribution in [-0.4, -0.2) is 60.0 Å². The molecule has 0 bridgehead atoms. The quantitative estimate of drug-likeness (QED) is 0.528. The number of aliphatic hydroxyl groups is 3. The second-order valence-electron chi connectivity index (χ2n) is 4.31. The topological polar surface area (TPSA) is 116 Å². The Morgan fingerprint density at radius 2 is 2.21 bits per heavy atom. The molecule has 2 aromatic rings. The Kier molecular flexibility index (Phi) is 3.07. The number of aromatic nitrogens is 4. The minimum Gasteiger partial charge on any atom is -0.394 e. The predicted molar refractivity (Wildman–Crippen MR) is 65.7 cm³/mol. The van der Waals surface area contributed by atoms with Crippen molar-refractivity contribution in [1.82, 2.24) is 19.7 Å². The third-order valence-electron chi connectivity index (χ3n) is 3.17. The molecule has 1 aliphatic heterocycles. The van der Waals surface area contributed by atoms with Gasteiger partial charge in [-0.05, 0) is 0 Å².